The van der Waals surface area contributed by atoms with Crippen LogP contribution in [0.2, 0.25) is 0 Å². The van der Waals surface area contributed by atoms with Gasteiger partial charge in [-0.2, -0.15) is 0 Å². The van der Waals surface area contributed by atoms with Crippen LogP contribution in [-0.4, -0.2) is 30.0 Å². The Hall–Kier alpha value is -1.29. The van der Waals surface area contributed by atoms with Crippen LogP contribution in [0.15, 0.2) is 24.3 Å². The smallest absolute Gasteiger partial charge is 0.334 e. The van der Waals surface area contributed by atoms with Gasteiger partial charge in [-0.15, -0.1) is 11.6 Å². The molecule has 0 aromatic carbocycles. The minimum absolute atomic E-state index is 0.0480. The third-order valence-electron chi connectivity index (χ3n) is 6.54. The zero-order chi connectivity index (χ0) is 18.9. The van der Waals surface area contributed by atoms with Crippen LogP contribution in [0.25, 0.3) is 0 Å². The van der Waals surface area contributed by atoms with Crippen molar-refractivity contribution in [1.29, 1.82) is 0 Å². The maximum absolute atomic E-state index is 12.2. The normalized spacial score (nSPS) is 36.3. The van der Waals surface area contributed by atoms with Crippen molar-refractivity contribution in [2.75, 3.05) is 5.88 Å². The van der Waals surface area contributed by atoms with Crippen molar-refractivity contribution in [3.05, 3.63) is 24.3 Å². The number of fused-ring (bicyclic) bond motifs is 2. The van der Waals surface area contributed by atoms with Crippen molar-refractivity contribution >= 4 is 23.5 Å². The van der Waals surface area contributed by atoms with Gasteiger partial charge in [0.25, 0.3) is 0 Å². The maximum atomic E-state index is 12.2. The molecule has 26 heavy (non-hydrogen) atoms. The van der Waals surface area contributed by atoms with E-state index in [-0.39, 0.29) is 41.4 Å². The molecular formula is C21H29ClO4. The number of hydrogen-bond acceptors (Lipinski definition) is 4. The third kappa shape index (κ3) is 3.71. The van der Waals surface area contributed by atoms with Gasteiger partial charge < -0.3 is 9.47 Å². The fourth-order valence-corrected chi connectivity index (χ4v) is 5.12. The molecule has 0 unspecified atom stereocenters. The number of unbranched alkanes of at least 4 members (excludes halogenated alkanes) is 2. The number of alkyl halides is 1. The van der Waals surface area contributed by atoms with E-state index in [1.54, 1.807) is 0 Å². The number of ether oxygens (including phenoxy) is 2. The number of carbonyl (C=O) groups is 2. The molecule has 0 aromatic heterocycles. The van der Waals surface area contributed by atoms with Crippen LogP contribution in [-0.2, 0) is 19.1 Å². The topological polar surface area (TPSA) is 52.6 Å². The summed E-state index contributed by atoms with van der Waals surface area (Å²) >= 11 is 5.66. The molecule has 5 atom stereocenters. The molecule has 2 saturated carbocycles. The Bertz CT molecular complexity index is 613. The van der Waals surface area contributed by atoms with E-state index in [0.29, 0.717) is 17.9 Å². The van der Waals surface area contributed by atoms with Gasteiger partial charge in [0.05, 0.1) is 0 Å². The van der Waals surface area contributed by atoms with Gasteiger partial charge in [-0.05, 0) is 55.4 Å². The van der Waals surface area contributed by atoms with Crippen molar-refractivity contribution in [3.8, 4) is 0 Å². The Morgan fingerprint density at radius 1 is 1.35 bits per heavy atom. The first-order valence-corrected chi connectivity index (χ1v) is 10.2. The van der Waals surface area contributed by atoms with Crippen LogP contribution in [0, 0.1) is 17.3 Å². The molecule has 0 aromatic rings. The quantitative estimate of drug-likeness (QED) is 0.223. The number of carbonyl (C=O) groups excluding carboxylic acids is 2. The molecule has 0 radical (unpaired) electrons. The first-order chi connectivity index (χ1) is 12.4. The van der Waals surface area contributed by atoms with Gasteiger partial charge in [0.2, 0.25) is 0 Å². The Morgan fingerprint density at radius 3 is 2.85 bits per heavy atom. The molecule has 4 nitrogen and oxygen atoms in total. The highest BCUT2D eigenvalue weighted by Gasteiger charge is 2.54. The lowest BCUT2D eigenvalue weighted by Gasteiger charge is -2.51. The van der Waals surface area contributed by atoms with E-state index >= 15 is 0 Å². The van der Waals surface area contributed by atoms with Crippen molar-refractivity contribution in [3.63, 3.8) is 0 Å². The van der Waals surface area contributed by atoms with Gasteiger partial charge in [-0.1, -0.05) is 26.5 Å². The van der Waals surface area contributed by atoms with E-state index in [9.17, 15) is 9.59 Å². The third-order valence-corrected chi connectivity index (χ3v) is 6.81. The molecule has 1 saturated heterocycles. The minimum Gasteiger partial charge on any atom is -0.458 e. The second-order valence-electron chi connectivity index (χ2n) is 8.31. The van der Waals surface area contributed by atoms with Gasteiger partial charge in [0, 0.05) is 23.8 Å². The van der Waals surface area contributed by atoms with Crippen LogP contribution >= 0.6 is 11.6 Å². The maximum Gasteiger partial charge on any atom is 0.334 e. The molecule has 0 N–H and O–H groups in total. The van der Waals surface area contributed by atoms with Gasteiger partial charge in [-0.25, -0.2) is 4.79 Å². The van der Waals surface area contributed by atoms with Crippen LogP contribution in [0.1, 0.15) is 58.3 Å². The summed E-state index contributed by atoms with van der Waals surface area (Å²) in [6, 6.07) is 0. The number of rotatable bonds is 6. The Morgan fingerprint density at radius 2 is 2.12 bits per heavy atom. The zero-order valence-electron chi connectivity index (χ0n) is 15.6. The summed E-state index contributed by atoms with van der Waals surface area (Å²) in [4.78, 5) is 24.0. The SMILES string of the molecule is C=C1C(=O)O[C@@H]2C[C@@]3(C)CC[C@@H](OC(=O)CCCCCCl)C(=C)[C@@H]3C[C@H]12. The van der Waals surface area contributed by atoms with E-state index in [2.05, 4.69) is 20.1 Å². The molecule has 3 rings (SSSR count). The van der Waals surface area contributed by atoms with Crippen LogP contribution in [0.3, 0.4) is 0 Å². The molecule has 0 spiro atoms. The Balaban J connectivity index is 1.61. The van der Waals surface area contributed by atoms with Gasteiger partial charge in [0.1, 0.15) is 12.2 Å². The summed E-state index contributed by atoms with van der Waals surface area (Å²) < 4.78 is 11.3. The minimum atomic E-state index is -0.257. The molecule has 144 valence electrons. The zero-order valence-corrected chi connectivity index (χ0v) is 16.4. The highest BCUT2D eigenvalue weighted by molar-refractivity contribution is 6.17. The summed E-state index contributed by atoms with van der Waals surface area (Å²) in [6.07, 6.45) is 6.27. The van der Waals surface area contributed by atoms with Gasteiger partial charge >= 0.3 is 11.9 Å². The lowest BCUT2D eigenvalue weighted by atomic mass is 9.55. The average molecular weight is 381 g/mol. The number of halogens is 1. The molecule has 5 heteroatoms. The molecule has 1 aliphatic heterocycles. The standard InChI is InChI=1S/C21H29ClO4/c1-13-15-11-16-14(2)17(25-19(23)7-5-4-6-10-22)8-9-21(16,3)12-18(15)26-20(13)24/h15-18H,1-2,4-12H2,3H3/t15-,16+,17-,18-,21-/m1/s1. The molecule has 2 aliphatic carbocycles. The predicted octanol–water partition coefficient (Wildman–Crippen LogP) is 4.56. The summed E-state index contributed by atoms with van der Waals surface area (Å²) in [7, 11) is 0. The highest BCUT2D eigenvalue weighted by Crippen LogP contribution is 2.57. The van der Waals surface area contributed by atoms with Crippen molar-refractivity contribution in [2.24, 2.45) is 17.3 Å². The fourth-order valence-electron chi connectivity index (χ4n) is 4.93. The van der Waals surface area contributed by atoms with Gasteiger partial charge in [-0.3, -0.25) is 4.79 Å². The lowest BCUT2D eigenvalue weighted by molar-refractivity contribution is -0.152. The van der Waals surface area contributed by atoms with E-state index in [0.717, 1.165) is 50.5 Å². The second-order valence-corrected chi connectivity index (χ2v) is 8.69. The summed E-state index contributed by atoms with van der Waals surface area (Å²) in [6.45, 7) is 10.5. The van der Waals surface area contributed by atoms with E-state index in [4.69, 9.17) is 21.1 Å². The number of esters is 2. The van der Waals surface area contributed by atoms with Crippen LogP contribution < -0.4 is 0 Å². The largest absolute Gasteiger partial charge is 0.458 e. The molecule has 3 aliphatic rings. The highest BCUT2D eigenvalue weighted by atomic mass is 35.5. The summed E-state index contributed by atoms with van der Waals surface area (Å²) in [5, 5.41) is 0. The van der Waals surface area contributed by atoms with Gasteiger partial charge in [0.15, 0.2) is 0 Å². The van der Waals surface area contributed by atoms with E-state index < -0.39 is 0 Å². The molecular weight excluding hydrogens is 352 g/mol. The van der Waals surface area contributed by atoms with Crippen molar-refractivity contribution in [1.82, 2.24) is 0 Å². The fraction of sp³-hybridized carbons (Fsp3) is 0.714. The van der Waals surface area contributed by atoms with Crippen molar-refractivity contribution in [2.45, 2.75) is 70.5 Å². The number of hydrogen-bond donors (Lipinski definition) is 0. The first-order valence-electron chi connectivity index (χ1n) is 9.69. The van der Waals surface area contributed by atoms with Crippen LogP contribution in [0.4, 0.5) is 0 Å². The summed E-state index contributed by atoms with van der Waals surface area (Å²) in [5.41, 5.74) is 1.63. The first kappa shape index (κ1) is 19.5. The van der Waals surface area contributed by atoms with Crippen molar-refractivity contribution < 1.29 is 19.1 Å². The predicted molar refractivity (Wildman–Crippen MR) is 101 cm³/mol. The van der Waals surface area contributed by atoms with Crippen LogP contribution in [0.5, 0.6) is 0 Å². The molecule has 0 amide bonds. The Kier molecular flexibility index (Phi) is 5.81. The molecule has 3 fully saturated rings. The second kappa shape index (κ2) is 7.75. The Labute approximate surface area is 160 Å². The molecule has 1 heterocycles. The van der Waals surface area contributed by atoms with E-state index in [1.165, 1.54) is 0 Å². The summed E-state index contributed by atoms with van der Waals surface area (Å²) in [5.74, 6) is 0.536. The molecule has 0 bridgehead atoms. The average Bonchev–Trinajstić information content (AvgIpc) is 2.86. The lowest BCUT2D eigenvalue weighted by Crippen LogP contribution is -2.47. The monoisotopic (exact) mass is 380 g/mol. The van der Waals surface area contributed by atoms with E-state index in [1.807, 2.05) is 0 Å².